The topological polar surface area (TPSA) is 65.1 Å². The van der Waals surface area contributed by atoms with Gasteiger partial charge in [0, 0.05) is 16.8 Å². The number of halogens is 1. The molecule has 29 heavy (non-hydrogen) atoms. The second kappa shape index (κ2) is 6.83. The Morgan fingerprint density at radius 1 is 0.966 bits per heavy atom. The highest BCUT2D eigenvalue weighted by Crippen LogP contribution is 2.25. The van der Waals surface area contributed by atoms with Gasteiger partial charge in [0.2, 0.25) is 0 Å². The molecule has 5 aromatic rings. The fourth-order valence-corrected chi connectivity index (χ4v) is 3.50. The summed E-state index contributed by atoms with van der Waals surface area (Å²) >= 11 is 5.98. The Hall–Kier alpha value is -3.51. The molecule has 0 atom stereocenters. The predicted molar refractivity (Wildman–Crippen MR) is 113 cm³/mol. The van der Waals surface area contributed by atoms with E-state index < -0.39 is 0 Å². The van der Waals surface area contributed by atoms with Crippen molar-refractivity contribution >= 4 is 28.3 Å². The first-order valence-electron chi connectivity index (χ1n) is 9.15. The number of nitrogens with zero attached hydrogens (tertiary/aromatic N) is 5. The molecule has 0 aliphatic rings. The Labute approximate surface area is 171 Å². The molecule has 5 rings (SSSR count). The van der Waals surface area contributed by atoms with Crippen molar-refractivity contribution in [3.05, 3.63) is 93.5 Å². The second-order valence-electron chi connectivity index (χ2n) is 6.97. The van der Waals surface area contributed by atoms with Crippen LogP contribution in [0.3, 0.4) is 0 Å². The molecule has 0 aliphatic heterocycles. The third kappa shape index (κ3) is 3.07. The molecule has 142 valence electrons. The highest BCUT2D eigenvalue weighted by Gasteiger charge is 2.14. The summed E-state index contributed by atoms with van der Waals surface area (Å²) < 4.78 is 3.29. The minimum Gasteiger partial charge on any atom is -0.309 e. The van der Waals surface area contributed by atoms with Crippen molar-refractivity contribution in [3.63, 3.8) is 0 Å². The van der Waals surface area contributed by atoms with Crippen molar-refractivity contribution in [2.75, 3.05) is 0 Å². The smallest absolute Gasteiger partial charge is 0.280 e. The lowest BCUT2D eigenvalue weighted by molar-refractivity contribution is 0.760. The summed E-state index contributed by atoms with van der Waals surface area (Å²) in [6.45, 7) is 2.51. The molecule has 3 aromatic heterocycles. The van der Waals surface area contributed by atoms with Crippen molar-refractivity contribution in [2.24, 2.45) is 0 Å². The molecule has 7 heteroatoms. The molecule has 3 heterocycles. The fraction of sp³-hybridized carbons (Fsp3) is 0.0909. The number of hydrogen-bond donors (Lipinski definition) is 0. The lowest BCUT2D eigenvalue weighted by Gasteiger charge is -2.08. The molecular formula is C22H16ClN5O. The van der Waals surface area contributed by atoms with Gasteiger partial charge in [-0.15, -0.1) is 10.2 Å². The zero-order chi connectivity index (χ0) is 20.0. The Morgan fingerprint density at radius 2 is 1.72 bits per heavy atom. The zero-order valence-corrected chi connectivity index (χ0v) is 16.3. The molecule has 2 aromatic carbocycles. The van der Waals surface area contributed by atoms with Gasteiger partial charge in [0.05, 0.1) is 12.7 Å². The van der Waals surface area contributed by atoms with Crippen molar-refractivity contribution in [1.82, 2.24) is 24.4 Å². The summed E-state index contributed by atoms with van der Waals surface area (Å²) in [6, 6.07) is 17.4. The summed E-state index contributed by atoms with van der Waals surface area (Å²) in [7, 11) is 0. The number of benzene rings is 2. The molecule has 6 nitrogen and oxygen atoms in total. The molecule has 0 aliphatic carbocycles. The van der Waals surface area contributed by atoms with Gasteiger partial charge in [0.25, 0.3) is 5.56 Å². The van der Waals surface area contributed by atoms with Gasteiger partial charge in [0.15, 0.2) is 11.2 Å². The van der Waals surface area contributed by atoms with Crippen LogP contribution in [0.25, 0.3) is 27.8 Å². The van der Waals surface area contributed by atoms with Gasteiger partial charge in [-0.3, -0.25) is 4.79 Å². The van der Waals surface area contributed by atoms with Crippen molar-refractivity contribution in [2.45, 2.75) is 13.5 Å². The third-order valence-electron chi connectivity index (χ3n) is 4.96. The van der Waals surface area contributed by atoms with Gasteiger partial charge in [-0.1, -0.05) is 53.6 Å². The summed E-state index contributed by atoms with van der Waals surface area (Å²) in [5.41, 5.74) is 5.32. The Balaban J connectivity index is 1.61. The van der Waals surface area contributed by atoms with E-state index in [1.165, 1.54) is 5.56 Å². The molecule has 0 fully saturated rings. The first-order chi connectivity index (χ1) is 14.1. The monoisotopic (exact) mass is 401 g/mol. The Kier molecular flexibility index (Phi) is 4.14. The quantitative estimate of drug-likeness (QED) is 0.456. The molecule has 0 radical (unpaired) electrons. The van der Waals surface area contributed by atoms with Crippen molar-refractivity contribution < 1.29 is 0 Å². The van der Waals surface area contributed by atoms with Gasteiger partial charge in [-0.2, -0.15) is 5.10 Å². The number of aryl methyl sites for hydroxylation is 1. The second-order valence-corrected chi connectivity index (χ2v) is 7.41. The van der Waals surface area contributed by atoms with Gasteiger partial charge in [0.1, 0.15) is 5.52 Å². The maximum atomic E-state index is 13.0. The first kappa shape index (κ1) is 17.6. The molecule has 0 saturated carbocycles. The lowest BCUT2D eigenvalue weighted by atomic mass is 10.1. The number of hydrogen-bond acceptors (Lipinski definition) is 4. The SMILES string of the molecule is Cc1ccc(Cn2ccc3c(nnc4c(-c5ccc(Cl)cc5)cnn43)c2=O)cc1. The number of aromatic nitrogens is 5. The Bertz CT molecular complexity index is 1400. The highest BCUT2D eigenvalue weighted by molar-refractivity contribution is 6.30. The van der Waals surface area contributed by atoms with Crippen LogP contribution < -0.4 is 5.56 Å². The highest BCUT2D eigenvalue weighted by atomic mass is 35.5. The van der Waals surface area contributed by atoms with Crippen LogP contribution in [0.4, 0.5) is 0 Å². The van der Waals surface area contributed by atoms with Crippen LogP contribution in [0.1, 0.15) is 11.1 Å². The molecule has 0 N–H and O–H groups in total. The lowest BCUT2D eigenvalue weighted by Crippen LogP contribution is -2.22. The van der Waals surface area contributed by atoms with E-state index in [2.05, 4.69) is 15.3 Å². The third-order valence-corrected chi connectivity index (χ3v) is 5.22. The van der Waals surface area contributed by atoms with Crippen LogP contribution >= 0.6 is 11.6 Å². The molecular weight excluding hydrogens is 386 g/mol. The van der Waals surface area contributed by atoms with E-state index in [0.29, 0.717) is 22.7 Å². The minimum absolute atomic E-state index is 0.194. The first-order valence-corrected chi connectivity index (χ1v) is 9.53. The van der Waals surface area contributed by atoms with E-state index in [1.807, 2.05) is 61.5 Å². The van der Waals surface area contributed by atoms with Gasteiger partial charge < -0.3 is 4.57 Å². The van der Waals surface area contributed by atoms with Crippen LogP contribution in [0.5, 0.6) is 0 Å². The number of fused-ring (bicyclic) bond motifs is 3. The van der Waals surface area contributed by atoms with Crippen LogP contribution in [-0.4, -0.2) is 24.4 Å². The predicted octanol–water partition coefficient (Wildman–Crippen LogP) is 4.12. The van der Waals surface area contributed by atoms with Crippen molar-refractivity contribution in [1.29, 1.82) is 0 Å². The zero-order valence-electron chi connectivity index (χ0n) is 15.6. The van der Waals surface area contributed by atoms with Crippen LogP contribution in [0, 0.1) is 6.92 Å². The average Bonchev–Trinajstić information content (AvgIpc) is 3.17. The summed E-state index contributed by atoms with van der Waals surface area (Å²) in [4.78, 5) is 13.0. The summed E-state index contributed by atoms with van der Waals surface area (Å²) in [5.74, 6) is 0. The van der Waals surface area contributed by atoms with Crippen LogP contribution in [0.15, 0.2) is 71.8 Å². The van der Waals surface area contributed by atoms with Gasteiger partial charge in [-0.25, -0.2) is 4.52 Å². The van der Waals surface area contributed by atoms with Crippen LogP contribution in [0.2, 0.25) is 5.02 Å². The molecule has 0 amide bonds. The normalized spacial score (nSPS) is 11.4. The van der Waals surface area contributed by atoms with Crippen molar-refractivity contribution in [3.8, 4) is 11.1 Å². The number of pyridine rings is 1. The van der Waals surface area contributed by atoms with E-state index in [9.17, 15) is 4.79 Å². The molecule has 0 unspecified atom stereocenters. The minimum atomic E-state index is -0.194. The summed E-state index contributed by atoms with van der Waals surface area (Å²) in [6.07, 6.45) is 3.50. The van der Waals surface area contributed by atoms with Gasteiger partial charge >= 0.3 is 0 Å². The number of rotatable bonds is 3. The fourth-order valence-electron chi connectivity index (χ4n) is 3.38. The largest absolute Gasteiger partial charge is 0.309 e. The molecule has 0 bridgehead atoms. The molecule has 0 saturated heterocycles. The van der Waals surface area contributed by atoms with E-state index in [4.69, 9.17) is 11.6 Å². The van der Waals surface area contributed by atoms with E-state index in [1.54, 1.807) is 21.5 Å². The van der Waals surface area contributed by atoms with E-state index in [-0.39, 0.29) is 11.1 Å². The molecule has 0 spiro atoms. The maximum Gasteiger partial charge on any atom is 0.280 e. The summed E-state index contributed by atoms with van der Waals surface area (Å²) in [5, 5.41) is 13.6. The standard InChI is InChI=1S/C22H16ClN5O/c1-14-2-4-15(5-3-14)13-27-11-10-19-20(22(27)29)25-26-21-18(12-24-28(19)21)16-6-8-17(23)9-7-16/h2-12H,13H2,1H3. The van der Waals surface area contributed by atoms with E-state index in [0.717, 1.165) is 16.7 Å². The van der Waals surface area contributed by atoms with Crippen LogP contribution in [-0.2, 0) is 6.54 Å². The average molecular weight is 402 g/mol. The maximum absolute atomic E-state index is 13.0. The van der Waals surface area contributed by atoms with E-state index >= 15 is 0 Å². The van der Waals surface area contributed by atoms with Gasteiger partial charge in [-0.05, 0) is 36.2 Å². The Morgan fingerprint density at radius 3 is 2.48 bits per heavy atom.